The predicted molar refractivity (Wildman–Crippen MR) is 98.8 cm³/mol. The van der Waals surface area contributed by atoms with Crippen molar-refractivity contribution in [2.75, 3.05) is 25.0 Å². The van der Waals surface area contributed by atoms with Crippen LogP contribution in [0.5, 0.6) is 5.75 Å². The van der Waals surface area contributed by atoms with E-state index in [9.17, 15) is 13.6 Å². The molecule has 2 aliphatic rings. The predicted octanol–water partition coefficient (Wildman–Crippen LogP) is 4.07. The SMILES string of the molecule is O=C1CCc2cc(OCCN3CCCC3c3cccc(F)c3)c(F)cc2N1. The first kappa shape index (κ1) is 17.9. The maximum atomic E-state index is 14.3. The molecule has 0 bridgehead atoms. The van der Waals surface area contributed by atoms with Crippen LogP contribution in [0, 0.1) is 11.6 Å². The number of aryl methyl sites for hydroxylation is 1. The summed E-state index contributed by atoms with van der Waals surface area (Å²) in [5.41, 5.74) is 2.40. The number of hydrogen-bond donors (Lipinski definition) is 1. The molecule has 27 heavy (non-hydrogen) atoms. The summed E-state index contributed by atoms with van der Waals surface area (Å²) in [6, 6.07) is 9.90. The van der Waals surface area contributed by atoms with Gasteiger partial charge in [0.15, 0.2) is 11.6 Å². The van der Waals surface area contributed by atoms with Gasteiger partial charge in [0.1, 0.15) is 12.4 Å². The number of fused-ring (bicyclic) bond motifs is 1. The van der Waals surface area contributed by atoms with E-state index >= 15 is 0 Å². The van der Waals surface area contributed by atoms with Crippen molar-refractivity contribution in [3.63, 3.8) is 0 Å². The van der Waals surface area contributed by atoms with E-state index < -0.39 is 5.82 Å². The average molecular weight is 372 g/mol. The lowest BCUT2D eigenvalue weighted by atomic mass is 10.0. The highest BCUT2D eigenvalue weighted by atomic mass is 19.1. The molecular weight excluding hydrogens is 350 g/mol. The molecule has 1 amide bonds. The van der Waals surface area contributed by atoms with Crippen LogP contribution in [0.4, 0.5) is 14.5 Å². The van der Waals surface area contributed by atoms with Gasteiger partial charge in [0, 0.05) is 30.8 Å². The van der Waals surface area contributed by atoms with Crippen LogP contribution in [-0.2, 0) is 11.2 Å². The van der Waals surface area contributed by atoms with E-state index in [1.807, 2.05) is 6.07 Å². The van der Waals surface area contributed by atoms with Crippen molar-refractivity contribution in [2.45, 2.75) is 31.7 Å². The molecule has 1 atom stereocenters. The fourth-order valence-corrected chi connectivity index (χ4v) is 3.95. The van der Waals surface area contributed by atoms with Crippen molar-refractivity contribution < 1.29 is 18.3 Å². The van der Waals surface area contributed by atoms with Crippen LogP contribution in [0.1, 0.15) is 36.4 Å². The van der Waals surface area contributed by atoms with Crippen LogP contribution in [-0.4, -0.2) is 30.5 Å². The molecule has 0 radical (unpaired) electrons. The molecule has 0 aromatic heterocycles. The summed E-state index contributed by atoms with van der Waals surface area (Å²) in [6.45, 7) is 1.92. The van der Waals surface area contributed by atoms with Crippen molar-refractivity contribution in [3.05, 3.63) is 59.2 Å². The lowest BCUT2D eigenvalue weighted by Crippen LogP contribution is -2.28. The normalized spacial score (nSPS) is 19.6. The number of anilines is 1. The maximum absolute atomic E-state index is 14.3. The molecule has 6 heteroatoms. The molecule has 1 fully saturated rings. The van der Waals surface area contributed by atoms with Crippen LogP contribution in [0.2, 0.25) is 0 Å². The molecule has 2 aromatic rings. The Hall–Kier alpha value is -2.47. The summed E-state index contributed by atoms with van der Waals surface area (Å²) in [6.07, 6.45) is 3.02. The van der Waals surface area contributed by atoms with Gasteiger partial charge in [-0.1, -0.05) is 12.1 Å². The van der Waals surface area contributed by atoms with E-state index in [1.54, 1.807) is 18.2 Å². The summed E-state index contributed by atoms with van der Waals surface area (Å²) in [5.74, 6) is -0.572. The first-order valence-electron chi connectivity index (χ1n) is 9.35. The molecule has 4 rings (SSSR count). The van der Waals surface area contributed by atoms with Gasteiger partial charge >= 0.3 is 0 Å². The second-order valence-electron chi connectivity index (χ2n) is 7.09. The molecule has 142 valence electrons. The molecule has 0 saturated carbocycles. The number of benzene rings is 2. The quantitative estimate of drug-likeness (QED) is 0.860. The van der Waals surface area contributed by atoms with Crippen molar-refractivity contribution in [3.8, 4) is 5.75 Å². The minimum absolute atomic E-state index is 0.0898. The zero-order valence-corrected chi connectivity index (χ0v) is 15.0. The van der Waals surface area contributed by atoms with Gasteiger partial charge in [-0.25, -0.2) is 8.78 Å². The molecule has 2 heterocycles. The largest absolute Gasteiger partial charge is 0.489 e. The second-order valence-corrected chi connectivity index (χ2v) is 7.09. The topological polar surface area (TPSA) is 41.6 Å². The fraction of sp³-hybridized carbons (Fsp3) is 0.381. The van der Waals surface area contributed by atoms with Crippen molar-refractivity contribution >= 4 is 11.6 Å². The Labute approximate surface area is 157 Å². The number of ether oxygens (including phenoxy) is 1. The number of carbonyl (C=O) groups is 1. The first-order chi connectivity index (χ1) is 13.1. The van der Waals surface area contributed by atoms with E-state index in [0.29, 0.717) is 31.7 Å². The lowest BCUT2D eigenvalue weighted by molar-refractivity contribution is -0.116. The third kappa shape index (κ3) is 3.95. The number of likely N-dealkylation sites (tertiary alicyclic amines) is 1. The molecular formula is C21H22F2N2O2. The summed E-state index contributed by atoms with van der Waals surface area (Å²) < 4.78 is 33.5. The minimum Gasteiger partial charge on any atom is -0.489 e. The fourth-order valence-electron chi connectivity index (χ4n) is 3.95. The van der Waals surface area contributed by atoms with Gasteiger partial charge in [0.2, 0.25) is 5.91 Å². The number of nitrogens with zero attached hydrogens (tertiary/aromatic N) is 1. The number of rotatable bonds is 5. The molecule has 2 aromatic carbocycles. The highest BCUT2D eigenvalue weighted by molar-refractivity contribution is 5.94. The van der Waals surface area contributed by atoms with Crippen LogP contribution in [0.3, 0.4) is 0 Å². The molecule has 1 N–H and O–H groups in total. The second kappa shape index (κ2) is 7.64. The Bertz CT molecular complexity index is 856. The average Bonchev–Trinajstić information content (AvgIpc) is 3.11. The van der Waals surface area contributed by atoms with E-state index in [2.05, 4.69) is 10.2 Å². The third-order valence-corrected chi connectivity index (χ3v) is 5.29. The van der Waals surface area contributed by atoms with Gasteiger partial charge in [-0.15, -0.1) is 0 Å². The highest BCUT2D eigenvalue weighted by Crippen LogP contribution is 2.33. The van der Waals surface area contributed by atoms with Crippen LogP contribution in [0.15, 0.2) is 36.4 Å². The monoisotopic (exact) mass is 372 g/mol. The molecule has 2 aliphatic heterocycles. The lowest BCUT2D eigenvalue weighted by Gasteiger charge is -2.25. The van der Waals surface area contributed by atoms with E-state index in [-0.39, 0.29) is 23.5 Å². The minimum atomic E-state index is -0.473. The number of amides is 1. The molecule has 4 nitrogen and oxygen atoms in total. The van der Waals surface area contributed by atoms with Gasteiger partial charge in [-0.2, -0.15) is 0 Å². The van der Waals surface area contributed by atoms with E-state index in [4.69, 9.17) is 4.74 Å². The van der Waals surface area contributed by atoms with Gasteiger partial charge in [-0.3, -0.25) is 9.69 Å². The van der Waals surface area contributed by atoms with Gasteiger partial charge in [0.05, 0.1) is 0 Å². The van der Waals surface area contributed by atoms with E-state index in [0.717, 1.165) is 30.5 Å². The Morgan fingerprint density at radius 2 is 2.07 bits per heavy atom. The summed E-state index contributed by atoms with van der Waals surface area (Å²) in [4.78, 5) is 13.7. The van der Waals surface area contributed by atoms with Crippen molar-refractivity contribution in [2.24, 2.45) is 0 Å². The van der Waals surface area contributed by atoms with E-state index in [1.165, 1.54) is 12.1 Å². The number of hydrogen-bond acceptors (Lipinski definition) is 3. The van der Waals surface area contributed by atoms with Crippen LogP contribution in [0.25, 0.3) is 0 Å². The zero-order chi connectivity index (χ0) is 18.8. The Balaban J connectivity index is 1.39. The summed E-state index contributed by atoms with van der Waals surface area (Å²) >= 11 is 0. The highest BCUT2D eigenvalue weighted by Gasteiger charge is 2.26. The zero-order valence-electron chi connectivity index (χ0n) is 15.0. The van der Waals surface area contributed by atoms with Gasteiger partial charge in [0.25, 0.3) is 0 Å². The summed E-state index contributed by atoms with van der Waals surface area (Å²) in [5, 5.41) is 2.68. The summed E-state index contributed by atoms with van der Waals surface area (Å²) in [7, 11) is 0. The molecule has 1 unspecified atom stereocenters. The first-order valence-corrected chi connectivity index (χ1v) is 9.35. The maximum Gasteiger partial charge on any atom is 0.224 e. The smallest absolute Gasteiger partial charge is 0.224 e. The number of carbonyl (C=O) groups excluding carboxylic acids is 1. The van der Waals surface area contributed by atoms with Crippen molar-refractivity contribution in [1.82, 2.24) is 4.90 Å². The van der Waals surface area contributed by atoms with Crippen molar-refractivity contribution in [1.29, 1.82) is 0 Å². The number of halogens is 2. The van der Waals surface area contributed by atoms with Gasteiger partial charge in [-0.05, 0) is 55.1 Å². The molecule has 1 saturated heterocycles. The van der Waals surface area contributed by atoms with Gasteiger partial charge < -0.3 is 10.1 Å². The van der Waals surface area contributed by atoms with Crippen LogP contribution < -0.4 is 10.1 Å². The number of nitrogens with one attached hydrogen (secondary N) is 1. The Morgan fingerprint density at radius 3 is 2.93 bits per heavy atom. The van der Waals surface area contributed by atoms with Crippen LogP contribution >= 0.6 is 0 Å². The molecule has 0 aliphatic carbocycles. The Kier molecular flexibility index (Phi) is 5.07. The standard InChI is InChI=1S/C21H22F2N2O2/c22-16-4-1-3-15(11-16)19-5-2-8-25(19)9-10-27-20-12-14-6-7-21(26)24-18(14)13-17(20)23/h1,3-4,11-13,19H,2,5-10H2,(H,24,26). The Morgan fingerprint density at radius 1 is 1.19 bits per heavy atom. The molecule has 0 spiro atoms. The third-order valence-electron chi connectivity index (χ3n) is 5.29.